The normalized spacial score (nSPS) is 28.9. The quantitative estimate of drug-likeness (QED) is 0.738. The van der Waals surface area contributed by atoms with E-state index in [0.717, 1.165) is 12.0 Å². The van der Waals surface area contributed by atoms with E-state index in [2.05, 4.69) is 24.3 Å². The molecule has 2 aliphatic rings. The summed E-state index contributed by atoms with van der Waals surface area (Å²) < 4.78 is 0. The molecule has 2 atom stereocenters. The molecule has 2 nitrogen and oxygen atoms in total. The van der Waals surface area contributed by atoms with Crippen molar-refractivity contribution in [1.82, 2.24) is 0 Å². The molecule has 0 aliphatic heterocycles. The van der Waals surface area contributed by atoms with Gasteiger partial charge in [-0.2, -0.15) is 0 Å². The fraction of sp³-hybridized carbons (Fsp3) is 0.500. The minimum absolute atomic E-state index is 0.156. The minimum atomic E-state index is -0.744. The number of aliphatic carboxylic acids is 1. The highest BCUT2D eigenvalue weighted by molar-refractivity contribution is 5.71. The lowest BCUT2D eigenvalue weighted by atomic mass is 9.80. The van der Waals surface area contributed by atoms with Gasteiger partial charge < -0.3 is 5.11 Å². The maximum Gasteiger partial charge on any atom is 0.307 e. The second-order valence-electron chi connectivity index (χ2n) is 4.63. The van der Waals surface area contributed by atoms with E-state index in [1.807, 2.05) is 6.08 Å². The van der Waals surface area contributed by atoms with Crippen LogP contribution >= 0.6 is 0 Å². The van der Waals surface area contributed by atoms with E-state index in [-0.39, 0.29) is 6.42 Å². The van der Waals surface area contributed by atoms with Gasteiger partial charge >= 0.3 is 5.97 Å². The fourth-order valence-corrected chi connectivity index (χ4v) is 2.50. The molecule has 0 amide bonds. The van der Waals surface area contributed by atoms with Crippen LogP contribution in [0.5, 0.6) is 0 Å². The maximum atomic E-state index is 10.6. The minimum Gasteiger partial charge on any atom is -0.481 e. The van der Waals surface area contributed by atoms with Gasteiger partial charge in [0, 0.05) is 0 Å². The van der Waals surface area contributed by atoms with Crippen LogP contribution in [-0.2, 0) is 4.79 Å². The Balaban J connectivity index is 1.92. The predicted octanol–water partition coefficient (Wildman–Crippen LogP) is 3.32. The van der Waals surface area contributed by atoms with Gasteiger partial charge in [0.05, 0.1) is 6.42 Å². The van der Waals surface area contributed by atoms with Gasteiger partial charge in [0.1, 0.15) is 0 Å². The Morgan fingerprint density at radius 3 is 2.81 bits per heavy atom. The number of hydrogen-bond donors (Lipinski definition) is 1. The van der Waals surface area contributed by atoms with E-state index in [1.165, 1.54) is 19.3 Å². The highest BCUT2D eigenvalue weighted by Crippen LogP contribution is 2.31. The summed E-state index contributed by atoms with van der Waals surface area (Å²) in [6.45, 7) is 0. The molecule has 0 radical (unpaired) electrons. The molecular weight excluding hydrogens is 200 g/mol. The van der Waals surface area contributed by atoms with E-state index < -0.39 is 5.97 Å². The lowest BCUT2D eigenvalue weighted by molar-refractivity contribution is -0.136. The van der Waals surface area contributed by atoms with Gasteiger partial charge in [-0.3, -0.25) is 4.79 Å². The van der Waals surface area contributed by atoms with Gasteiger partial charge in [0.2, 0.25) is 0 Å². The molecule has 0 heterocycles. The summed E-state index contributed by atoms with van der Waals surface area (Å²) in [5, 5.41) is 8.69. The lowest BCUT2D eigenvalue weighted by Crippen LogP contribution is -2.14. The molecule has 0 saturated carbocycles. The smallest absolute Gasteiger partial charge is 0.307 e. The number of hydrogen-bond acceptors (Lipinski definition) is 1. The van der Waals surface area contributed by atoms with Crippen molar-refractivity contribution >= 4 is 5.97 Å². The molecule has 1 N–H and O–H groups in total. The summed E-state index contributed by atoms with van der Waals surface area (Å²) in [6.07, 6.45) is 15.8. The third kappa shape index (κ3) is 2.84. The Bertz CT molecular complexity index is 350. The van der Waals surface area contributed by atoms with E-state index in [1.54, 1.807) is 0 Å². The van der Waals surface area contributed by atoms with Crippen LogP contribution in [0.4, 0.5) is 0 Å². The number of rotatable bonds is 3. The molecule has 0 bridgehead atoms. The van der Waals surface area contributed by atoms with E-state index in [4.69, 9.17) is 5.11 Å². The molecule has 0 aromatic carbocycles. The third-order valence-electron chi connectivity index (χ3n) is 3.41. The molecule has 16 heavy (non-hydrogen) atoms. The highest BCUT2D eigenvalue weighted by Gasteiger charge is 2.19. The molecule has 2 aliphatic carbocycles. The summed E-state index contributed by atoms with van der Waals surface area (Å²) >= 11 is 0. The number of carbonyl (C=O) groups is 1. The second kappa shape index (κ2) is 5.15. The van der Waals surface area contributed by atoms with Gasteiger partial charge in [0.25, 0.3) is 0 Å². The summed E-state index contributed by atoms with van der Waals surface area (Å²) in [7, 11) is 0. The first kappa shape index (κ1) is 11.2. The van der Waals surface area contributed by atoms with Crippen LogP contribution < -0.4 is 0 Å². The topological polar surface area (TPSA) is 37.3 Å². The predicted molar refractivity (Wildman–Crippen MR) is 64.1 cm³/mol. The second-order valence-corrected chi connectivity index (χ2v) is 4.63. The van der Waals surface area contributed by atoms with Crippen LogP contribution in [0.3, 0.4) is 0 Å². The van der Waals surface area contributed by atoms with Gasteiger partial charge in [-0.05, 0) is 43.1 Å². The van der Waals surface area contributed by atoms with Crippen molar-refractivity contribution in [2.45, 2.75) is 32.1 Å². The molecule has 2 rings (SSSR count). The SMILES string of the molecule is O=C(O)CC1=CCC(C2C=CCCC2)C=C1. The fourth-order valence-electron chi connectivity index (χ4n) is 2.50. The molecule has 86 valence electrons. The number of carboxylic acids is 1. The van der Waals surface area contributed by atoms with Crippen molar-refractivity contribution in [1.29, 1.82) is 0 Å². The van der Waals surface area contributed by atoms with Crippen molar-refractivity contribution in [2.75, 3.05) is 0 Å². The Kier molecular flexibility index (Phi) is 3.60. The average molecular weight is 218 g/mol. The van der Waals surface area contributed by atoms with E-state index in [9.17, 15) is 4.79 Å². The standard InChI is InChI=1S/C14H18O2/c15-14(16)10-11-6-8-13(9-7-11)12-4-2-1-3-5-12/h2,4,6-8,12-13H,1,3,5,9-10H2,(H,15,16). The van der Waals surface area contributed by atoms with E-state index >= 15 is 0 Å². The van der Waals surface area contributed by atoms with Crippen molar-refractivity contribution in [3.05, 3.63) is 36.0 Å². The summed E-state index contributed by atoms with van der Waals surface area (Å²) in [5.41, 5.74) is 0.948. The monoisotopic (exact) mass is 218 g/mol. The molecule has 0 aromatic rings. The highest BCUT2D eigenvalue weighted by atomic mass is 16.4. The van der Waals surface area contributed by atoms with Crippen LogP contribution in [0.2, 0.25) is 0 Å². The van der Waals surface area contributed by atoms with Crippen LogP contribution in [0.15, 0.2) is 36.0 Å². The Morgan fingerprint density at radius 2 is 2.25 bits per heavy atom. The molecule has 0 aromatic heterocycles. The van der Waals surface area contributed by atoms with Gasteiger partial charge in [-0.15, -0.1) is 0 Å². The van der Waals surface area contributed by atoms with Crippen molar-refractivity contribution in [3.8, 4) is 0 Å². The maximum absolute atomic E-state index is 10.6. The average Bonchev–Trinajstić information content (AvgIpc) is 2.30. The van der Waals surface area contributed by atoms with Crippen molar-refractivity contribution in [3.63, 3.8) is 0 Å². The molecule has 0 saturated heterocycles. The van der Waals surface area contributed by atoms with Crippen LogP contribution in [0.25, 0.3) is 0 Å². The molecule has 2 heteroatoms. The Hall–Kier alpha value is -1.31. The zero-order valence-electron chi connectivity index (χ0n) is 9.43. The summed E-state index contributed by atoms with van der Waals surface area (Å²) in [4.78, 5) is 10.6. The van der Waals surface area contributed by atoms with Crippen LogP contribution in [0, 0.1) is 11.8 Å². The van der Waals surface area contributed by atoms with Crippen LogP contribution in [-0.4, -0.2) is 11.1 Å². The first-order chi connectivity index (χ1) is 7.75. The van der Waals surface area contributed by atoms with Crippen molar-refractivity contribution in [2.24, 2.45) is 11.8 Å². The zero-order valence-corrected chi connectivity index (χ0v) is 9.43. The molecule has 0 fully saturated rings. The van der Waals surface area contributed by atoms with E-state index in [0.29, 0.717) is 11.8 Å². The zero-order chi connectivity index (χ0) is 11.4. The molecule has 0 spiro atoms. The molecule has 2 unspecified atom stereocenters. The largest absolute Gasteiger partial charge is 0.481 e. The van der Waals surface area contributed by atoms with Gasteiger partial charge in [-0.25, -0.2) is 0 Å². The summed E-state index contributed by atoms with van der Waals surface area (Å²) in [5.74, 6) is 0.494. The van der Waals surface area contributed by atoms with Gasteiger partial charge in [-0.1, -0.05) is 30.4 Å². The molecular formula is C14H18O2. The first-order valence-electron chi connectivity index (χ1n) is 6.01. The third-order valence-corrected chi connectivity index (χ3v) is 3.41. The Morgan fingerprint density at radius 1 is 1.38 bits per heavy atom. The number of carboxylic acid groups (broad SMARTS) is 1. The lowest BCUT2D eigenvalue weighted by Gasteiger charge is -2.25. The van der Waals surface area contributed by atoms with Gasteiger partial charge in [0.15, 0.2) is 0 Å². The number of allylic oxidation sites excluding steroid dienone is 5. The first-order valence-corrected chi connectivity index (χ1v) is 6.01. The Labute approximate surface area is 96.4 Å². The summed E-state index contributed by atoms with van der Waals surface area (Å²) in [6, 6.07) is 0. The van der Waals surface area contributed by atoms with Crippen molar-refractivity contribution < 1.29 is 9.90 Å². The van der Waals surface area contributed by atoms with Crippen LogP contribution in [0.1, 0.15) is 32.1 Å².